The first-order valence-electron chi connectivity index (χ1n) is 5.75. The summed E-state index contributed by atoms with van der Waals surface area (Å²) in [5.74, 6) is -0.228. The molecule has 90 valence electrons. The zero-order valence-corrected chi connectivity index (χ0v) is 10.5. The second-order valence-electron chi connectivity index (χ2n) is 4.36. The Morgan fingerprint density at radius 3 is 2.50 bits per heavy atom. The second kappa shape index (κ2) is 5.30. The van der Waals surface area contributed by atoms with Gasteiger partial charge in [-0.2, -0.15) is 0 Å². The minimum atomic E-state index is -0.228. The SMILES string of the molecule is CCC(C)N(C)c1ccc(F)cc1[C@H](C)N. The number of anilines is 1. The molecule has 0 saturated carbocycles. The summed E-state index contributed by atoms with van der Waals surface area (Å²) in [6.45, 7) is 6.16. The molecule has 2 atom stereocenters. The van der Waals surface area contributed by atoms with Crippen LogP contribution >= 0.6 is 0 Å². The minimum Gasteiger partial charge on any atom is -0.372 e. The molecule has 0 fully saturated rings. The topological polar surface area (TPSA) is 29.3 Å². The average molecular weight is 224 g/mol. The molecule has 0 amide bonds. The molecule has 0 aliphatic rings. The third-order valence-corrected chi connectivity index (χ3v) is 3.11. The van der Waals surface area contributed by atoms with E-state index in [9.17, 15) is 4.39 Å². The first kappa shape index (κ1) is 13.0. The molecule has 2 N–H and O–H groups in total. The van der Waals surface area contributed by atoms with E-state index in [0.717, 1.165) is 17.7 Å². The van der Waals surface area contributed by atoms with E-state index in [1.807, 2.05) is 14.0 Å². The van der Waals surface area contributed by atoms with Crippen molar-refractivity contribution in [3.63, 3.8) is 0 Å². The van der Waals surface area contributed by atoms with Gasteiger partial charge in [0.15, 0.2) is 0 Å². The van der Waals surface area contributed by atoms with Crippen molar-refractivity contribution in [2.75, 3.05) is 11.9 Å². The number of rotatable bonds is 4. The van der Waals surface area contributed by atoms with Gasteiger partial charge < -0.3 is 10.6 Å². The van der Waals surface area contributed by atoms with E-state index in [1.54, 1.807) is 6.07 Å². The maximum absolute atomic E-state index is 13.2. The van der Waals surface area contributed by atoms with Crippen LogP contribution in [0.2, 0.25) is 0 Å². The highest BCUT2D eigenvalue weighted by molar-refractivity contribution is 5.55. The van der Waals surface area contributed by atoms with Crippen molar-refractivity contribution < 1.29 is 4.39 Å². The first-order chi connectivity index (χ1) is 7.47. The maximum Gasteiger partial charge on any atom is 0.123 e. The van der Waals surface area contributed by atoms with Crippen LogP contribution in [0.1, 0.15) is 38.8 Å². The van der Waals surface area contributed by atoms with E-state index in [0.29, 0.717) is 6.04 Å². The van der Waals surface area contributed by atoms with Crippen LogP contribution in [0.25, 0.3) is 0 Å². The Labute approximate surface area is 97.3 Å². The van der Waals surface area contributed by atoms with Crippen LogP contribution in [0.15, 0.2) is 18.2 Å². The highest BCUT2D eigenvalue weighted by Crippen LogP contribution is 2.27. The lowest BCUT2D eigenvalue weighted by Crippen LogP contribution is -2.29. The van der Waals surface area contributed by atoms with Crippen molar-refractivity contribution in [3.05, 3.63) is 29.6 Å². The van der Waals surface area contributed by atoms with Gasteiger partial charge in [0.25, 0.3) is 0 Å². The van der Waals surface area contributed by atoms with Gasteiger partial charge in [0.1, 0.15) is 5.82 Å². The molecule has 3 heteroatoms. The Morgan fingerprint density at radius 1 is 1.38 bits per heavy atom. The quantitative estimate of drug-likeness (QED) is 0.851. The normalized spacial score (nSPS) is 14.6. The Balaban J connectivity index is 3.12. The zero-order valence-electron chi connectivity index (χ0n) is 10.5. The molecule has 0 aromatic heterocycles. The lowest BCUT2D eigenvalue weighted by molar-refractivity contribution is 0.617. The maximum atomic E-state index is 13.2. The number of hydrogen-bond acceptors (Lipinski definition) is 2. The van der Waals surface area contributed by atoms with E-state index in [2.05, 4.69) is 18.7 Å². The fraction of sp³-hybridized carbons (Fsp3) is 0.538. The molecular formula is C13H21FN2. The Bertz CT molecular complexity index is 350. The van der Waals surface area contributed by atoms with Crippen LogP contribution in [0, 0.1) is 5.82 Å². The van der Waals surface area contributed by atoms with Crippen molar-refractivity contribution >= 4 is 5.69 Å². The van der Waals surface area contributed by atoms with Gasteiger partial charge in [-0.05, 0) is 44.0 Å². The van der Waals surface area contributed by atoms with Crippen LogP contribution in [-0.2, 0) is 0 Å². The molecule has 1 aromatic carbocycles. The van der Waals surface area contributed by atoms with Gasteiger partial charge in [0, 0.05) is 24.8 Å². The molecule has 2 nitrogen and oxygen atoms in total. The van der Waals surface area contributed by atoms with Crippen molar-refractivity contribution in [2.24, 2.45) is 5.73 Å². The predicted octanol–water partition coefficient (Wildman–Crippen LogP) is 3.08. The number of benzene rings is 1. The molecule has 0 heterocycles. The summed E-state index contributed by atoms with van der Waals surface area (Å²) in [6, 6.07) is 5.08. The lowest BCUT2D eigenvalue weighted by atomic mass is 10.0. The molecule has 0 aliphatic heterocycles. The summed E-state index contributed by atoms with van der Waals surface area (Å²) in [5, 5.41) is 0. The molecular weight excluding hydrogens is 203 g/mol. The fourth-order valence-electron chi connectivity index (χ4n) is 1.72. The predicted molar refractivity (Wildman–Crippen MR) is 67.2 cm³/mol. The molecule has 0 radical (unpaired) electrons. The van der Waals surface area contributed by atoms with Crippen molar-refractivity contribution in [1.29, 1.82) is 0 Å². The standard InChI is InChI=1S/C13H21FN2/c1-5-9(2)16(4)13-7-6-11(14)8-12(13)10(3)15/h6-10H,5,15H2,1-4H3/t9?,10-/m0/s1. The van der Waals surface area contributed by atoms with Crippen LogP contribution in [0.4, 0.5) is 10.1 Å². The Hall–Kier alpha value is -1.09. The van der Waals surface area contributed by atoms with Gasteiger partial charge in [-0.25, -0.2) is 4.39 Å². The molecule has 0 spiro atoms. The second-order valence-corrected chi connectivity index (χ2v) is 4.36. The van der Waals surface area contributed by atoms with Crippen LogP contribution in [0.5, 0.6) is 0 Å². The number of nitrogens with two attached hydrogens (primary N) is 1. The number of hydrogen-bond donors (Lipinski definition) is 1. The Kier molecular flexibility index (Phi) is 4.30. The van der Waals surface area contributed by atoms with Crippen molar-refractivity contribution in [3.8, 4) is 0 Å². The molecule has 1 rings (SSSR count). The smallest absolute Gasteiger partial charge is 0.123 e. The van der Waals surface area contributed by atoms with Gasteiger partial charge in [-0.15, -0.1) is 0 Å². The van der Waals surface area contributed by atoms with Crippen molar-refractivity contribution in [2.45, 2.75) is 39.3 Å². The van der Waals surface area contributed by atoms with Crippen LogP contribution in [0.3, 0.4) is 0 Å². The van der Waals surface area contributed by atoms with Gasteiger partial charge >= 0.3 is 0 Å². The van der Waals surface area contributed by atoms with Crippen molar-refractivity contribution in [1.82, 2.24) is 0 Å². The highest BCUT2D eigenvalue weighted by Gasteiger charge is 2.15. The summed E-state index contributed by atoms with van der Waals surface area (Å²) in [7, 11) is 2.02. The molecule has 0 aliphatic carbocycles. The summed E-state index contributed by atoms with van der Waals surface area (Å²) >= 11 is 0. The summed E-state index contributed by atoms with van der Waals surface area (Å²) in [4.78, 5) is 2.15. The van der Waals surface area contributed by atoms with Crippen LogP contribution in [-0.4, -0.2) is 13.1 Å². The molecule has 16 heavy (non-hydrogen) atoms. The third kappa shape index (κ3) is 2.73. The average Bonchev–Trinajstić information content (AvgIpc) is 2.26. The summed E-state index contributed by atoms with van der Waals surface area (Å²) in [5.41, 5.74) is 7.75. The summed E-state index contributed by atoms with van der Waals surface area (Å²) in [6.07, 6.45) is 1.05. The Morgan fingerprint density at radius 2 is 2.00 bits per heavy atom. The van der Waals surface area contributed by atoms with E-state index in [4.69, 9.17) is 5.73 Å². The fourth-order valence-corrected chi connectivity index (χ4v) is 1.72. The zero-order chi connectivity index (χ0) is 12.3. The molecule has 0 bridgehead atoms. The van der Waals surface area contributed by atoms with E-state index in [1.165, 1.54) is 12.1 Å². The third-order valence-electron chi connectivity index (χ3n) is 3.11. The first-order valence-corrected chi connectivity index (χ1v) is 5.75. The number of halogens is 1. The van der Waals surface area contributed by atoms with E-state index in [-0.39, 0.29) is 11.9 Å². The van der Waals surface area contributed by atoms with Crippen LogP contribution < -0.4 is 10.6 Å². The highest BCUT2D eigenvalue weighted by atomic mass is 19.1. The van der Waals surface area contributed by atoms with Gasteiger partial charge in [-0.1, -0.05) is 6.92 Å². The number of nitrogens with zero attached hydrogens (tertiary/aromatic N) is 1. The molecule has 1 unspecified atom stereocenters. The minimum absolute atomic E-state index is 0.155. The van der Waals surface area contributed by atoms with Gasteiger partial charge in [0.05, 0.1) is 0 Å². The largest absolute Gasteiger partial charge is 0.372 e. The lowest BCUT2D eigenvalue weighted by Gasteiger charge is -2.29. The monoisotopic (exact) mass is 224 g/mol. The van der Waals surface area contributed by atoms with E-state index >= 15 is 0 Å². The van der Waals surface area contributed by atoms with Gasteiger partial charge in [0.2, 0.25) is 0 Å². The van der Waals surface area contributed by atoms with E-state index < -0.39 is 0 Å². The summed E-state index contributed by atoms with van der Waals surface area (Å²) < 4.78 is 13.2. The molecule has 0 saturated heterocycles. The molecule has 1 aromatic rings. The van der Waals surface area contributed by atoms with Gasteiger partial charge in [-0.3, -0.25) is 0 Å².